The van der Waals surface area contributed by atoms with Gasteiger partial charge in [-0.15, -0.1) is 0 Å². The SMILES string of the molecule is CCCC(NCCc1ccc2c(c1)oc(=O)n2C)N1C(=O)c2ccccc2C1=O. The molecule has 0 saturated heterocycles. The lowest BCUT2D eigenvalue weighted by Gasteiger charge is -2.27. The van der Waals surface area contributed by atoms with E-state index in [4.69, 9.17) is 4.42 Å². The fraction of sp³-hybridized carbons (Fsp3) is 0.318. The number of rotatable bonds is 7. The Morgan fingerprint density at radius 1 is 1.03 bits per heavy atom. The van der Waals surface area contributed by atoms with Gasteiger partial charge in [0.15, 0.2) is 5.58 Å². The number of hydrogen-bond donors (Lipinski definition) is 1. The molecule has 1 aliphatic rings. The van der Waals surface area contributed by atoms with Crippen LogP contribution in [0.15, 0.2) is 51.7 Å². The molecule has 1 aromatic heterocycles. The highest BCUT2D eigenvalue weighted by molar-refractivity contribution is 6.21. The van der Waals surface area contributed by atoms with Gasteiger partial charge in [-0.3, -0.25) is 24.4 Å². The number of aromatic nitrogens is 1. The Morgan fingerprint density at radius 2 is 1.72 bits per heavy atom. The van der Waals surface area contributed by atoms with Gasteiger partial charge in [0.2, 0.25) is 0 Å². The highest BCUT2D eigenvalue weighted by atomic mass is 16.4. The Kier molecular flexibility index (Phi) is 5.07. The fourth-order valence-corrected chi connectivity index (χ4v) is 3.80. The van der Waals surface area contributed by atoms with Crippen molar-refractivity contribution in [2.45, 2.75) is 32.4 Å². The summed E-state index contributed by atoms with van der Waals surface area (Å²) in [6.07, 6.45) is 1.84. The first-order chi connectivity index (χ1) is 14.0. The van der Waals surface area contributed by atoms with Crippen molar-refractivity contribution in [3.8, 4) is 0 Å². The molecule has 29 heavy (non-hydrogen) atoms. The molecular weight excluding hydrogens is 370 g/mol. The molecule has 3 aromatic rings. The summed E-state index contributed by atoms with van der Waals surface area (Å²) >= 11 is 0. The molecule has 0 bridgehead atoms. The highest BCUT2D eigenvalue weighted by Gasteiger charge is 2.39. The molecule has 2 aromatic carbocycles. The number of nitrogens with one attached hydrogen (secondary N) is 1. The third-order valence-electron chi connectivity index (χ3n) is 5.35. The van der Waals surface area contributed by atoms with Gasteiger partial charge in [0.25, 0.3) is 11.8 Å². The average molecular weight is 393 g/mol. The lowest BCUT2D eigenvalue weighted by Crippen LogP contribution is -2.49. The van der Waals surface area contributed by atoms with E-state index in [1.807, 2.05) is 25.1 Å². The predicted molar refractivity (Wildman–Crippen MR) is 109 cm³/mol. The van der Waals surface area contributed by atoms with Crippen LogP contribution in [0.3, 0.4) is 0 Å². The van der Waals surface area contributed by atoms with Crippen LogP contribution in [-0.4, -0.2) is 34.0 Å². The molecule has 0 saturated carbocycles. The Hall–Kier alpha value is -3.19. The van der Waals surface area contributed by atoms with Crippen molar-refractivity contribution in [3.63, 3.8) is 0 Å². The lowest BCUT2D eigenvalue weighted by atomic mass is 10.1. The number of fused-ring (bicyclic) bond motifs is 2. The van der Waals surface area contributed by atoms with Crippen molar-refractivity contribution in [1.29, 1.82) is 0 Å². The molecule has 150 valence electrons. The zero-order chi connectivity index (χ0) is 20.5. The van der Waals surface area contributed by atoms with E-state index in [-0.39, 0.29) is 23.7 Å². The summed E-state index contributed by atoms with van der Waals surface area (Å²) in [4.78, 5) is 38.5. The zero-order valence-electron chi connectivity index (χ0n) is 16.5. The summed E-state index contributed by atoms with van der Waals surface area (Å²) in [5.74, 6) is -0.878. The van der Waals surface area contributed by atoms with Crippen LogP contribution in [0.4, 0.5) is 0 Å². The third-order valence-corrected chi connectivity index (χ3v) is 5.35. The summed E-state index contributed by atoms with van der Waals surface area (Å²) < 4.78 is 6.71. The van der Waals surface area contributed by atoms with Gasteiger partial charge in [0.05, 0.1) is 22.8 Å². The van der Waals surface area contributed by atoms with E-state index in [1.165, 1.54) is 9.47 Å². The maximum Gasteiger partial charge on any atom is 0.419 e. The van der Waals surface area contributed by atoms with Crippen LogP contribution in [-0.2, 0) is 13.5 Å². The predicted octanol–water partition coefficient (Wildman–Crippen LogP) is 2.69. The molecule has 1 aliphatic heterocycles. The van der Waals surface area contributed by atoms with Crippen molar-refractivity contribution < 1.29 is 14.0 Å². The molecule has 4 rings (SSSR count). The number of hydrogen-bond acceptors (Lipinski definition) is 5. The van der Waals surface area contributed by atoms with Crippen molar-refractivity contribution in [3.05, 3.63) is 69.7 Å². The molecule has 1 unspecified atom stereocenters. The molecule has 1 atom stereocenters. The first-order valence-corrected chi connectivity index (χ1v) is 9.80. The number of carbonyl (C=O) groups excluding carboxylic acids is 2. The van der Waals surface area contributed by atoms with Gasteiger partial charge in [-0.2, -0.15) is 0 Å². The molecule has 0 spiro atoms. The molecule has 0 fully saturated rings. The van der Waals surface area contributed by atoms with Crippen LogP contribution in [0.2, 0.25) is 0 Å². The second-order valence-electron chi connectivity index (χ2n) is 7.26. The lowest BCUT2D eigenvalue weighted by molar-refractivity contribution is 0.0543. The second-order valence-corrected chi connectivity index (χ2v) is 7.26. The van der Waals surface area contributed by atoms with Gasteiger partial charge in [-0.05, 0) is 42.7 Å². The fourth-order valence-electron chi connectivity index (χ4n) is 3.80. The number of amides is 2. The van der Waals surface area contributed by atoms with E-state index in [0.717, 1.165) is 17.5 Å². The summed E-state index contributed by atoms with van der Waals surface area (Å²) in [6, 6.07) is 12.6. The zero-order valence-corrected chi connectivity index (χ0v) is 16.5. The number of imide groups is 1. The third kappa shape index (κ3) is 3.38. The van der Waals surface area contributed by atoms with E-state index in [2.05, 4.69) is 5.32 Å². The van der Waals surface area contributed by atoms with E-state index < -0.39 is 0 Å². The smallest absolute Gasteiger partial charge is 0.408 e. The maximum atomic E-state index is 12.8. The first kappa shape index (κ1) is 19.1. The van der Waals surface area contributed by atoms with E-state index in [1.54, 1.807) is 31.3 Å². The minimum absolute atomic E-state index is 0.246. The normalized spacial score (nSPS) is 14.6. The minimum Gasteiger partial charge on any atom is -0.408 e. The van der Waals surface area contributed by atoms with Crippen molar-refractivity contribution >= 4 is 22.9 Å². The Balaban J connectivity index is 1.46. The minimum atomic E-state index is -0.385. The van der Waals surface area contributed by atoms with E-state index >= 15 is 0 Å². The molecule has 2 heterocycles. The van der Waals surface area contributed by atoms with Gasteiger partial charge in [0, 0.05) is 13.6 Å². The molecule has 1 N–H and O–H groups in total. The Morgan fingerprint density at radius 3 is 2.38 bits per heavy atom. The van der Waals surface area contributed by atoms with E-state index in [0.29, 0.717) is 36.1 Å². The first-order valence-electron chi connectivity index (χ1n) is 9.80. The summed E-state index contributed by atoms with van der Waals surface area (Å²) in [5.41, 5.74) is 3.24. The number of carbonyl (C=O) groups is 2. The second kappa shape index (κ2) is 7.67. The monoisotopic (exact) mass is 393 g/mol. The van der Waals surface area contributed by atoms with Gasteiger partial charge < -0.3 is 4.42 Å². The summed E-state index contributed by atoms with van der Waals surface area (Å²) in [5, 5.41) is 3.36. The summed E-state index contributed by atoms with van der Waals surface area (Å²) in [6.45, 7) is 2.61. The van der Waals surface area contributed by atoms with Crippen molar-refractivity contribution in [2.75, 3.05) is 6.54 Å². The van der Waals surface area contributed by atoms with Crippen LogP contribution in [0.1, 0.15) is 46.0 Å². The number of benzene rings is 2. The summed E-state index contributed by atoms with van der Waals surface area (Å²) in [7, 11) is 1.67. The van der Waals surface area contributed by atoms with Crippen LogP contribution in [0.5, 0.6) is 0 Å². The number of nitrogens with zero attached hydrogens (tertiary/aromatic N) is 2. The van der Waals surface area contributed by atoms with Crippen LogP contribution in [0, 0.1) is 0 Å². The molecule has 7 nitrogen and oxygen atoms in total. The highest BCUT2D eigenvalue weighted by Crippen LogP contribution is 2.25. The molecule has 0 aliphatic carbocycles. The van der Waals surface area contributed by atoms with Gasteiger partial charge in [-0.25, -0.2) is 4.79 Å². The van der Waals surface area contributed by atoms with Crippen LogP contribution >= 0.6 is 0 Å². The van der Waals surface area contributed by atoms with Crippen LogP contribution < -0.4 is 11.1 Å². The Bertz CT molecular complexity index is 1110. The largest absolute Gasteiger partial charge is 0.419 e. The number of oxazole rings is 1. The topological polar surface area (TPSA) is 84.6 Å². The van der Waals surface area contributed by atoms with Crippen molar-refractivity contribution in [2.24, 2.45) is 7.05 Å². The van der Waals surface area contributed by atoms with Gasteiger partial charge >= 0.3 is 5.76 Å². The quantitative estimate of drug-likeness (QED) is 0.624. The molecule has 7 heteroatoms. The maximum absolute atomic E-state index is 12.8. The van der Waals surface area contributed by atoms with Crippen LogP contribution in [0.25, 0.3) is 11.1 Å². The molecular formula is C22H23N3O4. The van der Waals surface area contributed by atoms with Gasteiger partial charge in [0.1, 0.15) is 0 Å². The molecule has 0 radical (unpaired) electrons. The van der Waals surface area contributed by atoms with Gasteiger partial charge in [-0.1, -0.05) is 31.5 Å². The van der Waals surface area contributed by atoms with E-state index in [9.17, 15) is 14.4 Å². The number of aryl methyl sites for hydroxylation is 1. The average Bonchev–Trinajstić information content (AvgIpc) is 3.14. The van der Waals surface area contributed by atoms with Crippen molar-refractivity contribution in [1.82, 2.24) is 14.8 Å². The Labute approximate surface area is 167 Å². The standard InChI is InChI=1S/C22H23N3O4/c1-3-6-19(25-20(26)15-7-4-5-8-16(15)21(25)27)23-12-11-14-9-10-17-18(13-14)29-22(28)24(17)2/h4-5,7-10,13,19,23H,3,6,11-12H2,1-2H3. The molecule has 2 amide bonds.